The van der Waals surface area contributed by atoms with Crippen LogP contribution < -0.4 is 5.32 Å². The zero-order valence-corrected chi connectivity index (χ0v) is 16.3. The van der Waals surface area contributed by atoms with Gasteiger partial charge < -0.3 is 10.1 Å². The van der Waals surface area contributed by atoms with E-state index in [2.05, 4.69) is 5.32 Å². The van der Waals surface area contributed by atoms with E-state index in [1.165, 1.54) is 29.5 Å². The Labute approximate surface area is 167 Å². The van der Waals surface area contributed by atoms with Crippen LogP contribution in [0.2, 0.25) is 0 Å². The van der Waals surface area contributed by atoms with Crippen molar-refractivity contribution in [3.05, 3.63) is 70.3 Å². The number of nitro benzene ring substituents is 1. The molecular weight excluding hydrogens is 380 g/mol. The maximum Gasteiger partial charge on any atom is 0.316 e. The molecule has 0 heterocycles. The summed E-state index contributed by atoms with van der Waals surface area (Å²) in [4.78, 5) is 34.5. The largest absolute Gasteiger partial charge is 0.455 e. The number of rotatable bonds is 10. The van der Waals surface area contributed by atoms with Gasteiger partial charge in [0.2, 0.25) is 0 Å². The van der Waals surface area contributed by atoms with Gasteiger partial charge in [0.25, 0.3) is 11.6 Å². The minimum absolute atomic E-state index is 0.00928. The van der Waals surface area contributed by atoms with E-state index in [-0.39, 0.29) is 30.0 Å². The number of benzene rings is 2. The van der Waals surface area contributed by atoms with Crippen LogP contribution in [0.5, 0.6) is 0 Å². The molecule has 1 amide bonds. The summed E-state index contributed by atoms with van der Waals surface area (Å²) >= 11 is 1.19. The van der Waals surface area contributed by atoms with Gasteiger partial charge >= 0.3 is 5.97 Å². The zero-order chi connectivity index (χ0) is 20.4. The zero-order valence-electron chi connectivity index (χ0n) is 15.5. The number of non-ortho nitro benzene ring substituents is 1. The van der Waals surface area contributed by atoms with Crippen molar-refractivity contribution in [3.63, 3.8) is 0 Å². The third-order valence-corrected chi connectivity index (χ3v) is 4.87. The van der Waals surface area contributed by atoms with E-state index in [4.69, 9.17) is 4.74 Å². The van der Waals surface area contributed by atoms with E-state index >= 15 is 0 Å². The SMILES string of the molecule is C[C@@H](CCc1ccccc1)NC(=O)COC(=O)CSc1ccc([N+](=O)[O-])cc1. The van der Waals surface area contributed by atoms with Crippen molar-refractivity contribution in [1.29, 1.82) is 0 Å². The molecule has 2 rings (SSSR count). The van der Waals surface area contributed by atoms with Crippen LogP contribution in [0.4, 0.5) is 5.69 Å². The van der Waals surface area contributed by atoms with E-state index in [1.807, 2.05) is 37.3 Å². The van der Waals surface area contributed by atoms with Gasteiger partial charge in [-0.2, -0.15) is 0 Å². The molecule has 1 N–H and O–H groups in total. The molecule has 0 bridgehead atoms. The Kier molecular flexibility index (Phi) is 8.48. The molecule has 0 aliphatic carbocycles. The van der Waals surface area contributed by atoms with Gasteiger partial charge in [-0.3, -0.25) is 19.7 Å². The third-order valence-electron chi connectivity index (χ3n) is 3.88. The number of ether oxygens (including phenoxy) is 1. The minimum Gasteiger partial charge on any atom is -0.455 e. The number of carbonyl (C=O) groups excluding carboxylic acids is 2. The Hall–Kier alpha value is -2.87. The van der Waals surface area contributed by atoms with Gasteiger partial charge in [-0.1, -0.05) is 30.3 Å². The molecule has 0 saturated carbocycles. The van der Waals surface area contributed by atoms with Gasteiger partial charge in [0.15, 0.2) is 6.61 Å². The molecule has 0 unspecified atom stereocenters. The van der Waals surface area contributed by atoms with Crippen molar-refractivity contribution in [1.82, 2.24) is 5.32 Å². The second-order valence-electron chi connectivity index (χ2n) is 6.19. The van der Waals surface area contributed by atoms with Crippen LogP contribution >= 0.6 is 11.8 Å². The van der Waals surface area contributed by atoms with Crippen LogP contribution in [0, 0.1) is 10.1 Å². The number of thioether (sulfide) groups is 1. The van der Waals surface area contributed by atoms with E-state index < -0.39 is 10.9 Å². The van der Waals surface area contributed by atoms with Crippen LogP contribution in [-0.4, -0.2) is 35.2 Å². The molecule has 1 atom stereocenters. The van der Waals surface area contributed by atoms with Crippen molar-refractivity contribution in [3.8, 4) is 0 Å². The summed E-state index contributed by atoms with van der Waals surface area (Å²) in [5.74, 6) is -0.834. The second-order valence-corrected chi connectivity index (χ2v) is 7.24. The van der Waals surface area contributed by atoms with Crippen LogP contribution in [0.25, 0.3) is 0 Å². The Morgan fingerprint density at radius 1 is 1.14 bits per heavy atom. The van der Waals surface area contributed by atoms with Gasteiger partial charge in [-0.15, -0.1) is 11.8 Å². The molecule has 0 spiro atoms. The molecule has 0 aliphatic heterocycles. The van der Waals surface area contributed by atoms with Crippen molar-refractivity contribution < 1.29 is 19.2 Å². The summed E-state index contributed by atoms with van der Waals surface area (Å²) in [7, 11) is 0. The fourth-order valence-electron chi connectivity index (χ4n) is 2.41. The highest BCUT2D eigenvalue weighted by Gasteiger charge is 2.12. The van der Waals surface area contributed by atoms with Crippen LogP contribution in [0.3, 0.4) is 0 Å². The fourth-order valence-corrected chi connectivity index (χ4v) is 3.11. The van der Waals surface area contributed by atoms with Gasteiger partial charge in [0, 0.05) is 23.1 Å². The van der Waals surface area contributed by atoms with Crippen molar-refractivity contribution in [2.75, 3.05) is 12.4 Å². The topological polar surface area (TPSA) is 98.5 Å². The van der Waals surface area contributed by atoms with Crippen molar-refractivity contribution in [2.24, 2.45) is 0 Å². The standard InChI is InChI=1S/C20H22N2O5S/c1-15(7-8-16-5-3-2-4-6-16)21-19(23)13-27-20(24)14-28-18-11-9-17(10-12-18)22(25)26/h2-6,9-12,15H,7-8,13-14H2,1H3,(H,21,23)/t15-/m0/s1. The number of amides is 1. The van der Waals surface area contributed by atoms with Gasteiger partial charge in [-0.05, 0) is 37.5 Å². The first-order valence-electron chi connectivity index (χ1n) is 8.80. The predicted molar refractivity (Wildman–Crippen MR) is 107 cm³/mol. The predicted octanol–water partition coefficient (Wildman–Crippen LogP) is 3.37. The fraction of sp³-hybridized carbons (Fsp3) is 0.300. The lowest BCUT2D eigenvalue weighted by Gasteiger charge is -2.14. The van der Waals surface area contributed by atoms with Crippen molar-refractivity contribution >= 4 is 29.3 Å². The molecule has 8 heteroatoms. The molecule has 0 aromatic heterocycles. The number of nitrogens with zero attached hydrogens (tertiary/aromatic N) is 1. The van der Waals surface area contributed by atoms with Gasteiger partial charge in [-0.25, -0.2) is 0 Å². The molecular formula is C20H22N2O5S. The lowest BCUT2D eigenvalue weighted by atomic mass is 10.1. The summed E-state index contributed by atoms with van der Waals surface area (Å²) in [5, 5.41) is 13.4. The maximum absolute atomic E-state index is 11.9. The van der Waals surface area contributed by atoms with E-state index in [0.717, 1.165) is 12.8 Å². The molecule has 2 aromatic carbocycles. The number of hydrogen-bond donors (Lipinski definition) is 1. The highest BCUT2D eigenvalue weighted by atomic mass is 32.2. The Bertz CT molecular complexity index is 796. The number of aryl methyl sites for hydroxylation is 1. The summed E-state index contributed by atoms with van der Waals surface area (Å²) in [6.07, 6.45) is 1.65. The first kappa shape index (κ1) is 21.4. The lowest BCUT2D eigenvalue weighted by molar-refractivity contribution is -0.384. The normalized spacial score (nSPS) is 11.5. The first-order chi connectivity index (χ1) is 13.4. The molecule has 148 valence electrons. The smallest absolute Gasteiger partial charge is 0.316 e. The Morgan fingerprint density at radius 3 is 2.46 bits per heavy atom. The van der Waals surface area contributed by atoms with E-state index in [1.54, 1.807) is 12.1 Å². The molecule has 0 fully saturated rings. The molecule has 0 saturated heterocycles. The van der Waals surface area contributed by atoms with E-state index in [9.17, 15) is 19.7 Å². The summed E-state index contributed by atoms with van der Waals surface area (Å²) in [6.45, 7) is 1.59. The number of hydrogen-bond acceptors (Lipinski definition) is 6. The molecule has 0 radical (unpaired) electrons. The molecule has 28 heavy (non-hydrogen) atoms. The first-order valence-corrected chi connectivity index (χ1v) is 9.79. The summed E-state index contributed by atoms with van der Waals surface area (Å²) in [6, 6.07) is 15.9. The van der Waals surface area contributed by atoms with Crippen LogP contribution in [-0.2, 0) is 20.7 Å². The van der Waals surface area contributed by atoms with Gasteiger partial charge in [0.1, 0.15) is 0 Å². The van der Waals surface area contributed by atoms with Crippen LogP contribution in [0.1, 0.15) is 18.9 Å². The quantitative estimate of drug-likeness (QED) is 0.283. The monoisotopic (exact) mass is 402 g/mol. The highest BCUT2D eigenvalue weighted by molar-refractivity contribution is 8.00. The Balaban J connectivity index is 1.63. The third kappa shape index (κ3) is 7.79. The molecule has 0 aliphatic rings. The van der Waals surface area contributed by atoms with Crippen LogP contribution in [0.15, 0.2) is 59.5 Å². The van der Waals surface area contributed by atoms with Crippen molar-refractivity contribution in [2.45, 2.75) is 30.7 Å². The average Bonchev–Trinajstić information content (AvgIpc) is 2.70. The number of esters is 1. The number of nitro groups is 1. The average molecular weight is 402 g/mol. The van der Waals surface area contributed by atoms with E-state index in [0.29, 0.717) is 4.90 Å². The number of nitrogens with one attached hydrogen (secondary N) is 1. The minimum atomic E-state index is -0.518. The summed E-state index contributed by atoms with van der Waals surface area (Å²) in [5.41, 5.74) is 1.20. The maximum atomic E-state index is 11.9. The second kappa shape index (κ2) is 11.1. The summed E-state index contributed by atoms with van der Waals surface area (Å²) < 4.78 is 4.97. The lowest BCUT2D eigenvalue weighted by Crippen LogP contribution is -2.36. The number of carbonyl (C=O) groups is 2. The molecule has 7 nitrogen and oxygen atoms in total. The van der Waals surface area contributed by atoms with Gasteiger partial charge in [0.05, 0.1) is 10.7 Å². The molecule has 2 aromatic rings. The highest BCUT2D eigenvalue weighted by Crippen LogP contribution is 2.21. The Morgan fingerprint density at radius 2 is 1.82 bits per heavy atom.